The van der Waals surface area contributed by atoms with Crippen molar-refractivity contribution < 1.29 is 19.1 Å². The van der Waals surface area contributed by atoms with Crippen molar-refractivity contribution in [3.8, 4) is 0 Å². The minimum Gasteiger partial charge on any atom is -0.465 e. The van der Waals surface area contributed by atoms with Crippen molar-refractivity contribution in [1.29, 1.82) is 0 Å². The van der Waals surface area contributed by atoms with Crippen LogP contribution in [0.5, 0.6) is 0 Å². The second kappa shape index (κ2) is 7.05. The van der Waals surface area contributed by atoms with E-state index >= 15 is 0 Å². The number of hydrogen-bond acceptors (Lipinski definition) is 4. The Labute approximate surface area is 118 Å². The molecule has 1 heterocycles. The Morgan fingerprint density at radius 2 is 2.05 bits per heavy atom. The number of anilines is 1. The standard InChI is InChI=1S/C15H19NO4/c1-19-8-5-9-20-15(18)12-10-14(17)16(11-12)13-6-3-2-4-7-13/h2-4,6-7,12H,5,8-11H2,1H3. The van der Waals surface area contributed by atoms with Gasteiger partial charge < -0.3 is 14.4 Å². The predicted octanol–water partition coefficient (Wildman–Crippen LogP) is 1.62. The first-order valence-electron chi connectivity index (χ1n) is 6.73. The summed E-state index contributed by atoms with van der Waals surface area (Å²) >= 11 is 0. The maximum atomic E-state index is 12.0. The average molecular weight is 277 g/mol. The third-order valence-corrected chi connectivity index (χ3v) is 3.26. The Hall–Kier alpha value is -1.88. The molecule has 5 heteroatoms. The quantitative estimate of drug-likeness (QED) is 0.585. The van der Waals surface area contributed by atoms with Crippen LogP contribution >= 0.6 is 0 Å². The van der Waals surface area contributed by atoms with Gasteiger partial charge in [0.05, 0.1) is 12.5 Å². The van der Waals surface area contributed by atoms with E-state index in [0.29, 0.717) is 26.2 Å². The summed E-state index contributed by atoms with van der Waals surface area (Å²) in [4.78, 5) is 25.5. The van der Waals surface area contributed by atoms with Gasteiger partial charge in [0.2, 0.25) is 5.91 Å². The molecule has 0 aliphatic carbocycles. The average Bonchev–Trinajstić information content (AvgIpc) is 2.86. The Morgan fingerprint density at radius 1 is 1.30 bits per heavy atom. The molecule has 1 amide bonds. The minimum absolute atomic E-state index is 0.0324. The molecule has 20 heavy (non-hydrogen) atoms. The van der Waals surface area contributed by atoms with Crippen molar-refractivity contribution in [1.82, 2.24) is 0 Å². The molecule has 1 saturated heterocycles. The van der Waals surface area contributed by atoms with Crippen LogP contribution in [-0.2, 0) is 19.1 Å². The van der Waals surface area contributed by atoms with Gasteiger partial charge in [0.15, 0.2) is 0 Å². The zero-order valence-electron chi connectivity index (χ0n) is 11.6. The molecule has 5 nitrogen and oxygen atoms in total. The molecule has 1 aromatic carbocycles. The lowest BCUT2D eigenvalue weighted by Crippen LogP contribution is -2.26. The number of rotatable bonds is 6. The van der Waals surface area contributed by atoms with E-state index in [1.807, 2.05) is 30.3 Å². The zero-order valence-corrected chi connectivity index (χ0v) is 11.6. The van der Waals surface area contributed by atoms with Crippen LogP contribution in [0.3, 0.4) is 0 Å². The van der Waals surface area contributed by atoms with Gasteiger partial charge in [-0.3, -0.25) is 9.59 Å². The number of nitrogens with zero attached hydrogens (tertiary/aromatic N) is 1. The highest BCUT2D eigenvalue weighted by atomic mass is 16.5. The van der Waals surface area contributed by atoms with E-state index < -0.39 is 0 Å². The minimum atomic E-state index is -0.370. The summed E-state index contributed by atoms with van der Waals surface area (Å²) in [6.45, 7) is 1.29. The van der Waals surface area contributed by atoms with Gasteiger partial charge in [-0.1, -0.05) is 18.2 Å². The number of carbonyl (C=O) groups is 2. The SMILES string of the molecule is COCCCOC(=O)C1CC(=O)N(c2ccccc2)C1. The van der Waals surface area contributed by atoms with Crippen LogP contribution in [0, 0.1) is 5.92 Å². The molecule has 1 aliphatic rings. The fourth-order valence-electron chi connectivity index (χ4n) is 2.22. The number of amides is 1. The molecule has 0 bridgehead atoms. The second-order valence-electron chi connectivity index (χ2n) is 4.75. The van der Waals surface area contributed by atoms with Gasteiger partial charge >= 0.3 is 5.97 Å². The lowest BCUT2D eigenvalue weighted by molar-refractivity contribution is -0.148. The van der Waals surface area contributed by atoms with Crippen LogP contribution in [0.15, 0.2) is 30.3 Å². The summed E-state index contributed by atoms with van der Waals surface area (Å²) < 4.78 is 10.1. The van der Waals surface area contributed by atoms with Crippen LogP contribution in [0.1, 0.15) is 12.8 Å². The predicted molar refractivity (Wildman–Crippen MR) is 74.4 cm³/mol. The Balaban J connectivity index is 1.87. The number of methoxy groups -OCH3 is 1. The first-order valence-corrected chi connectivity index (χ1v) is 6.73. The Morgan fingerprint density at radius 3 is 2.75 bits per heavy atom. The van der Waals surface area contributed by atoms with Crippen LogP contribution in [0.2, 0.25) is 0 Å². The first-order chi connectivity index (χ1) is 9.72. The molecule has 1 aliphatic heterocycles. The van der Waals surface area contributed by atoms with Crippen molar-refractivity contribution in [2.45, 2.75) is 12.8 Å². The Kier molecular flexibility index (Phi) is 5.12. The van der Waals surface area contributed by atoms with Crippen LogP contribution in [0.25, 0.3) is 0 Å². The number of para-hydroxylation sites is 1. The van der Waals surface area contributed by atoms with E-state index in [4.69, 9.17) is 9.47 Å². The summed E-state index contributed by atoms with van der Waals surface area (Å²) in [7, 11) is 1.61. The molecule has 0 N–H and O–H groups in total. The van der Waals surface area contributed by atoms with Gasteiger partial charge in [-0.05, 0) is 12.1 Å². The topological polar surface area (TPSA) is 55.8 Å². The van der Waals surface area contributed by atoms with Crippen LogP contribution < -0.4 is 4.90 Å². The molecule has 1 unspecified atom stereocenters. The van der Waals surface area contributed by atoms with Crippen molar-refractivity contribution in [3.63, 3.8) is 0 Å². The van der Waals surface area contributed by atoms with Gasteiger partial charge in [-0.2, -0.15) is 0 Å². The molecule has 0 aromatic heterocycles. The normalized spacial score (nSPS) is 18.4. The smallest absolute Gasteiger partial charge is 0.311 e. The molecule has 1 atom stereocenters. The zero-order chi connectivity index (χ0) is 14.4. The molecule has 0 radical (unpaired) electrons. The number of carbonyl (C=O) groups excluding carboxylic acids is 2. The maximum absolute atomic E-state index is 12.0. The van der Waals surface area contributed by atoms with Crippen LogP contribution in [-0.4, -0.2) is 38.7 Å². The lowest BCUT2D eigenvalue weighted by atomic mass is 10.1. The van der Waals surface area contributed by atoms with Crippen molar-refractivity contribution >= 4 is 17.6 Å². The van der Waals surface area contributed by atoms with Crippen molar-refractivity contribution in [2.75, 3.05) is 31.8 Å². The van der Waals surface area contributed by atoms with Crippen molar-refractivity contribution in [3.05, 3.63) is 30.3 Å². The highest BCUT2D eigenvalue weighted by Gasteiger charge is 2.35. The van der Waals surface area contributed by atoms with Gasteiger partial charge in [-0.25, -0.2) is 0 Å². The van der Waals surface area contributed by atoms with E-state index in [9.17, 15) is 9.59 Å². The lowest BCUT2D eigenvalue weighted by Gasteiger charge is -2.16. The van der Waals surface area contributed by atoms with E-state index in [-0.39, 0.29) is 24.2 Å². The number of ether oxygens (including phenoxy) is 2. The van der Waals surface area contributed by atoms with E-state index in [1.54, 1.807) is 12.0 Å². The number of hydrogen-bond donors (Lipinski definition) is 0. The largest absolute Gasteiger partial charge is 0.465 e. The highest BCUT2D eigenvalue weighted by Crippen LogP contribution is 2.25. The van der Waals surface area contributed by atoms with Gasteiger partial charge in [0.1, 0.15) is 0 Å². The number of esters is 1. The third-order valence-electron chi connectivity index (χ3n) is 3.26. The van der Waals surface area contributed by atoms with Gasteiger partial charge in [0, 0.05) is 38.8 Å². The van der Waals surface area contributed by atoms with E-state index in [0.717, 1.165) is 5.69 Å². The fourth-order valence-corrected chi connectivity index (χ4v) is 2.22. The maximum Gasteiger partial charge on any atom is 0.311 e. The molecule has 1 aromatic rings. The molecular weight excluding hydrogens is 258 g/mol. The molecule has 108 valence electrons. The van der Waals surface area contributed by atoms with Gasteiger partial charge in [0.25, 0.3) is 0 Å². The Bertz CT molecular complexity index is 460. The molecule has 0 saturated carbocycles. The summed E-state index contributed by atoms with van der Waals surface area (Å²) in [6, 6.07) is 9.37. The monoisotopic (exact) mass is 277 g/mol. The van der Waals surface area contributed by atoms with Gasteiger partial charge in [-0.15, -0.1) is 0 Å². The first kappa shape index (κ1) is 14.5. The fraction of sp³-hybridized carbons (Fsp3) is 0.467. The summed E-state index contributed by atoms with van der Waals surface area (Å²) in [6.07, 6.45) is 0.892. The van der Waals surface area contributed by atoms with E-state index in [2.05, 4.69) is 0 Å². The highest BCUT2D eigenvalue weighted by molar-refractivity contribution is 5.99. The summed E-state index contributed by atoms with van der Waals surface area (Å²) in [5.41, 5.74) is 0.826. The molecule has 0 spiro atoms. The summed E-state index contributed by atoms with van der Waals surface area (Å²) in [5, 5.41) is 0. The summed E-state index contributed by atoms with van der Waals surface area (Å²) in [5.74, 6) is -0.701. The molecule has 1 fully saturated rings. The van der Waals surface area contributed by atoms with Crippen LogP contribution in [0.4, 0.5) is 5.69 Å². The second-order valence-corrected chi connectivity index (χ2v) is 4.75. The van der Waals surface area contributed by atoms with Crippen molar-refractivity contribution in [2.24, 2.45) is 5.92 Å². The van der Waals surface area contributed by atoms with E-state index in [1.165, 1.54) is 0 Å². The third kappa shape index (κ3) is 3.57. The number of benzene rings is 1. The molecular formula is C15H19NO4. The molecule has 2 rings (SSSR count).